The molecule has 0 aliphatic carbocycles. The molecule has 0 aliphatic rings. The summed E-state index contributed by atoms with van der Waals surface area (Å²) >= 11 is 2.95. The van der Waals surface area contributed by atoms with E-state index in [1.165, 1.54) is 6.07 Å². The van der Waals surface area contributed by atoms with Crippen LogP contribution in [0.3, 0.4) is 0 Å². The number of rotatable bonds is 1. The minimum Gasteiger partial charge on any atom is -0.258 e. The molecule has 0 aliphatic heterocycles. The van der Waals surface area contributed by atoms with Crippen LogP contribution in [0.25, 0.3) is 0 Å². The van der Waals surface area contributed by atoms with Crippen molar-refractivity contribution in [3.63, 3.8) is 0 Å². The number of hydrogen-bond donors (Lipinski definition) is 0. The van der Waals surface area contributed by atoms with Gasteiger partial charge in [0.1, 0.15) is 10.8 Å². The highest BCUT2D eigenvalue weighted by molar-refractivity contribution is 9.10. The second-order valence-corrected chi connectivity index (χ2v) is 2.31. The highest BCUT2D eigenvalue weighted by Crippen LogP contribution is 2.12. The van der Waals surface area contributed by atoms with Gasteiger partial charge in [-0.1, -0.05) is 0 Å². The van der Waals surface area contributed by atoms with Gasteiger partial charge < -0.3 is 0 Å². The molecule has 0 unspecified atom stereocenters. The highest BCUT2D eigenvalue weighted by Gasteiger charge is 2.04. The Kier molecular flexibility index (Phi) is 1.91. The smallest absolute Gasteiger partial charge is 0.258 e. The Bertz CT molecular complexity index is 264. The number of aromatic nitrogens is 2. The molecular weight excluding hydrogens is 202 g/mol. The maximum absolute atomic E-state index is 10.1. The molecule has 0 aromatic carbocycles. The average Bonchev–Trinajstić information content (AvgIpc) is 1.88. The molecule has 1 rings (SSSR count). The molecule has 0 atom stereocenters. The van der Waals surface area contributed by atoms with Crippen molar-refractivity contribution in [1.82, 2.24) is 10.2 Å². The van der Waals surface area contributed by atoms with E-state index in [1.807, 2.05) is 0 Å². The van der Waals surface area contributed by atoms with Gasteiger partial charge in [-0.05, 0) is 15.9 Å². The molecule has 0 radical (unpaired) electrons. The molecule has 0 spiro atoms. The summed E-state index contributed by atoms with van der Waals surface area (Å²) in [5.41, 5.74) is -0.0677. The van der Waals surface area contributed by atoms with Crippen LogP contribution in [0.2, 0.25) is 0 Å². The summed E-state index contributed by atoms with van der Waals surface area (Å²) in [5.74, 6) is 0. The first kappa shape index (κ1) is 7.07. The maximum atomic E-state index is 10.1. The van der Waals surface area contributed by atoms with E-state index in [0.29, 0.717) is 4.60 Å². The lowest BCUT2D eigenvalue weighted by atomic mass is 10.5. The molecule has 0 bridgehead atoms. The zero-order valence-electron chi connectivity index (χ0n) is 4.69. The second kappa shape index (κ2) is 2.70. The van der Waals surface area contributed by atoms with Crippen molar-refractivity contribution in [3.05, 3.63) is 27.0 Å². The molecule has 1 aromatic rings. The van der Waals surface area contributed by atoms with E-state index >= 15 is 0 Å². The van der Waals surface area contributed by atoms with Crippen molar-refractivity contribution in [2.24, 2.45) is 0 Å². The van der Waals surface area contributed by atoms with Gasteiger partial charge in [0.15, 0.2) is 0 Å². The maximum Gasteiger partial charge on any atom is 0.292 e. The summed E-state index contributed by atoms with van der Waals surface area (Å²) in [4.78, 5) is 9.54. The monoisotopic (exact) mass is 203 g/mol. The molecule has 0 N–H and O–H groups in total. The van der Waals surface area contributed by atoms with Gasteiger partial charge in [-0.3, -0.25) is 10.1 Å². The van der Waals surface area contributed by atoms with Crippen LogP contribution in [0.4, 0.5) is 5.69 Å². The fourth-order valence-electron chi connectivity index (χ4n) is 0.431. The van der Waals surface area contributed by atoms with Gasteiger partial charge in [-0.15, -0.1) is 5.10 Å². The van der Waals surface area contributed by atoms with Gasteiger partial charge in [0.2, 0.25) is 0 Å². The summed E-state index contributed by atoms with van der Waals surface area (Å²) in [6.07, 6.45) is 1.09. The minimum absolute atomic E-state index is 0.0677. The van der Waals surface area contributed by atoms with Crippen molar-refractivity contribution < 1.29 is 4.92 Å². The first-order valence-corrected chi connectivity index (χ1v) is 3.12. The summed E-state index contributed by atoms with van der Waals surface area (Å²) in [5, 5.41) is 16.9. The van der Waals surface area contributed by atoms with Crippen molar-refractivity contribution >= 4 is 21.6 Å². The first-order chi connectivity index (χ1) is 4.70. The van der Waals surface area contributed by atoms with E-state index in [4.69, 9.17) is 0 Å². The molecule has 52 valence electrons. The Hall–Kier alpha value is -1.04. The molecule has 1 heterocycles. The van der Waals surface area contributed by atoms with E-state index in [9.17, 15) is 10.1 Å². The van der Waals surface area contributed by atoms with Crippen molar-refractivity contribution in [1.29, 1.82) is 0 Å². The number of nitrogens with zero attached hydrogens (tertiary/aromatic N) is 3. The average molecular weight is 204 g/mol. The molecular formula is C4H2BrN3O2. The zero-order valence-corrected chi connectivity index (χ0v) is 6.28. The van der Waals surface area contributed by atoms with E-state index in [2.05, 4.69) is 26.1 Å². The summed E-state index contributed by atoms with van der Waals surface area (Å²) < 4.78 is 0.363. The Morgan fingerprint density at radius 2 is 2.40 bits per heavy atom. The Morgan fingerprint density at radius 3 is 2.80 bits per heavy atom. The summed E-state index contributed by atoms with van der Waals surface area (Å²) in [6, 6.07) is 1.28. The van der Waals surface area contributed by atoms with Crippen LogP contribution >= 0.6 is 15.9 Å². The number of halogens is 1. The third-order valence-corrected chi connectivity index (χ3v) is 1.21. The summed E-state index contributed by atoms with van der Waals surface area (Å²) in [7, 11) is 0. The Morgan fingerprint density at radius 1 is 1.70 bits per heavy atom. The standard InChI is InChI=1S/C4H2BrN3O2/c5-4-1-3(8(9)10)2-6-7-4/h1-2H. The van der Waals surface area contributed by atoms with Crippen LogP contribution < -0.4 is 0 Å². The molecule has 0 amide bonds. The van der Waals surface area contributed by atoms with Gasteiger partial charge >= 0.3 is 0 Å². The summed E-state index contributed by atoms with van der Waals surface area (Å²) in [6.45, 7) is 0. The van der Waals surface area contributed by atoms with Crippen LogP contribution in [0.1, 0.15) is 0 Å². The predicted octanol–water partition coefficient (Wildman–Crippen LogP) is 1.15. The Balaban J connectivity index is 3.07. The fraction of sp³-hybridized carbons (Fsp3) is 0. The number of nitro groups is 1. The van der Waals surface area contributed by atoms with E-state index < -0.39 is 4.92 Å². The molecule has 0 fully saturated rings. The minimum atomic E-state index is -0.528. The van der Waals surface area contributed by atoms with Gasteiger partial charge in [0, 0.05) is 0 Å². The lowest BCUT2D eigenvalue weighted by Gasteiger charge is -1.87. The SMILES string of the molecule is O=[N+]([O-])c1cnnc(Br)c1. The lowest BCUT2D eigenvalue weighted by Crippen LogP contribution is -1.90. The fourth-order valence-corrected chi connectivity index (χ4v) is 0.757. The van der Waals surface area contributed by atoms with E-state index in [-0.39, 0.29) is 5.69 Å². The van der Waals surface area contributed by atoms with Gasteiger partial charge in [0.25, 0.3) is 5.69 Å². The van der Waals surface area contributed by atoms with E-state index in [0.717, 1.165) is 6.20 Å². The lowest BCUT2D eigenvalue weighted by molar-refractivity contribution is -0.385. The third-order valence-electron chi connectivity index (χ3n) is 0.821. The van der Waals surface area contributed by atoms with Crippen LogP contribution in [-0.2, 0) is 0 Å². The van der Waals surface area contributed by atoms with Crippen LogP contribution in [0, 0.1) is 10.1 Å². The van der Waals surface area contributed by atoms with Gasteiger partial charge in [-0.2, -0.15) is 5.10 Å². The van der Waals surface area contributed by atoms with Crippen molar-refractivity contribution in [2.75, 3.05) is 0 Å². The molecule has 0 saturated carbocycles. The Labute approximate surface area is 64.4 Å². The second-order valence-electron chi connectivity index (χ2n) is 1.49. The molecule has 6 heteroatoms. The number of hydrogen-bond acceptors (Lipinski definition) is 4. The zero-order chi connectivity index (χ0) is 7.56. The molecule has 1 aromatic heterocycles. The first-order valence-electron chi connectivity index (χ1n) is 2.33. The van der Waals surface area contributed by atoms with Crippen molar-refractivity contribution in [2.45, 2.75) is 0 Å². The van der Waals surface area contributed by atoms with Gasteiger partial charge in [0.05, 0.1) is 11.0 Å². The van der Waals surface area contributed by atoms with Crippen LogP contribution in [0.15, 0.2) is 16.9 Å². The van der Waals surface area contributed by atoms with E-state index in [1.54, 1.807) is 0 Å². The topological polar surface area (TPSA) is 68.9 Å². The van der Waals surface area contributed by atoms with Crippen LogP contribution in [-0.4, -0.2) is 15.1 Å². The predicted molar refractivity (Wildman–Crippen MR) is 36.4 cm³/mol. The van der Waals surface area contributed by atoms with Crippen molar-refractivity contribution in [3.8, 4) is 0 Å². The van der Waals surface area contributed by atoms with Crippen LogP contribution in [0.5, 0.6) is 0 Å². The quantitative estimate of drug-likeness (QED) is 0.508. The highest BCUT2D eigenvalue weighted by atomic mass is 79.9. The molecule has 5 nitrogen and oxygen atoms in total. The van der Waals surface area contributed by atoms with Gasteiger partial charge in [-0.25, -0.2) is 0 Å². The largest absolute Gasteiger partial charge is 0.292 e. The molecule has 10 heavy (non-hydrogen) atoms. The normalized spacial score (nSPS) is 9.30. The third kappa shape index (κ3) is 1.47. The molecule has 0 saturated heterocycles.